The highest BCUT2D eigenvalue weighted by Gasteiger charge is 2.44. The fraction of sp³-hybridized carbons (Fsp3) is 0.429. The molecule has 2 aliphatic heterocycles. The Balaban J connectivity index is 1.82. The number of nitrogens with two attached hydrogens (primary N) is 1. The van der Waals surface area contributed by atoms with Gasteiger partial charge in [0.2, 0.25) is 11.8 Å². The maximum absolute atomic E-state index is 13.4. The quantitative estimate of drug-likeness (QED) is 0.363. The predicted molar refractivity (Wildman–Crippen MR) is 120 cm³/mol. The molecule has 2 saturated heterocycles. The molecule has 34 heavy (non-hydrogen) atoms. The van der Waals surface area contributed by atoms with Gasteiger partial charge >= 0.3 is 6.03 Å². The molecule has 4 N–H and O–H groups in total. The molecule has 5 amide bonds. The first-order valence-corrected chi connectivity index (χ1v) is 11.0. The van der Waals surface area contributed by atoms with Gasteiger partial charge in [0.1, 0.15) is 18.1 Å². The van der Waals surface area contributed by atoms with Crippen LogP contribution in [0, 0.1) is 0 Å². The van der Waals surface area contributed by atoms with Crippen molar-refractivity contribution in [3.63, 3.8) is 0 Å². The van der Waals surface area contributed by atoms with Crippen LogP contribution in [0.3, 0.4) is 0 Å². The summed E-state index contributed by atoms with van der Waals surface area (Å²) in [4.78, 5) is 74.3. The number of ketones is 1. The van der Waals surface area contributed by atoms with E-state index in [1.807, 2.05) is 0 Å². The van der Waals surface area contributed by atoms with Gasteiger partial charge in [0.15, 0.2) is 0 Å². The highest BCUT2D eigenvalue weighted by atomic mass is 35.5. The number of hydrazine groups is 2. The summed E-state index contributed by atoms with van der Waals surface area (Å²) in [6.45, 7) is 1.39. The number of hydrogen-bond donors (Lipinski definition) is 3. The lowest BCUT2D eigenvalue weighted by molar-refractivity contribution is -0.155. The Kier molecular flexibility index (Phi) is 7.72. The van der Waals surface area contributed by atoms with Crippen molar-refractivity contribution in [3.8, 4) is 0 Å². The number of aldehydes is 1. The molecular weight excluding hydrogens is 468 g/mol. The van der Waals surface area contributed by atoms with Gasteiger partial charge in [-0.2, -0.15) is 0 Å². The van der Waals surface area contributed by atoms with Crippen LogP contribution < -0.4 is 16.5 Å². The molecule has 2 atom stereocenters. The highest BCUT2D eigenvalue weighted by Crippen LogP contribution is 2.24. The van der Waals surface area contributed by atoms with Crippen molar-refractivity contribution < 1.29 is 28.8 Å². The number of halogens is 1. The molecule has 2 fully saturated rings. The molecule has 1 aromatic carbocycles. The van der Waals surface area contributed by atoms with Crippen molar-refractivity contribution in [2.75, 3.05) is 18.8 Å². The molecule has 2 aliphatic rings. The third-order valence-electron chi connectivity index (χ3n) is 5.47. The Bertz CT molecular complexity index is 1030. The summed E-state index contributed by atoms with van der Waals surface area (Å²) in [7, 11) is 0. The number of hydrogen-bond acceptors (Lipinski definition) is 7. The van der Waals surface area contributed by atoms with Gasteiger partial charge in [0.05, 0.1) is 23.3 Å². The number of nitrogens with zero attached hydrogens (tertiary/aromatic N) is 3. The Morgan fingerprint density at radius 2 is 2.00 bits per heavy atom. The minimum absolute atomic E-state index is 0.0827. The second-order valence-corrected chi connectivity index (χ2v) is 8.45. The van der Waals surface area contributed by atoms with Gasteiger partial charge in [0.25, 0.3) is 5.91 Å². The molecule has 0 radical (unpaired) electrons. The smallest absolute Gasteiger partial charge is 0.358 e. The number of urea groups is 1. The fourth-order valence-electron chi connectivity index (χ4n) is 3.79. The zero-order valence-electron chi connectivity index (χ0n) is 18.5. The molecule has 2 heterocycles. The van der Waals surface area contributed by atoms with E-state index < -0.39 is 35.8 Å². The van der Waals surface area contributed by atoms with Crippen molar-refractivity contribution >= 4 is 53.1 Å². The van der Waals surface area contributed by atoms with E-state index in [1.165, 1.54) is 30.1 Å². The van der Waals surface area contributed by atoms with Gasteiger partial charge < -0.3 is 15.8 Å². The molecule has 182 valence electrons. The molecule has 0 spiro atoms. The van der Waals surface area contributed by atoms with Crippen molar-refractivity contribution in [3.05, 3.63) is 28.8 Å². The Hall–Kier alpha value is -3.67. The molecule has 0 saturated carbocycles. The second-order valence-electron chi connectivity index (χ2n) is 8.04. The minimum Gasteiger partial charge on any atom is -0.398 e. The van der Waals surface area contributed by atoms with Crippen molar-refractivity contribution in [1.29, 1.82) is 0 Å². The second kappa shape index (κ2) is 10.5. The first-order valence-electron chi connectivity index (χ1n) is 10.6. The number of carbonyl (C=O) groups excluding carboxylic acids is 6. The summed E-state index contributed by atoms with van der Waals surface area (Å²) in [5.41, 5.74) is 8.54. The molecule has 0 unspecified atom stereocenters. The van der Waals surface area contributed by atoms with E-state index in [0.717, 1.165) is 10.0 Å². The number of anilines is 1. The molecule has 12 nitrogen and oxygen atoms in total. The van der Waals surface area contributed by atoms with Gasteiger partial charge in [-0.15, -0.1) is 0 Å². The first-order chi connectivity index (χ1) is 16.1. The lowest BCUT2D eigenvalue weighted by Crippen LogP contribution is -2.64. The fourth-order valence-corrected chi connectivity index (χ4v) is 3.97. The summed E-state index contributed by atoms with van der Waals surface area (Å²) in [5, 5.41) is 5.77. The van der Waals surface area contributed by atoms with Crippen LogP contribution in [-0.4, -0.2) is 76.0 Å². The first kappa shape index (κ1) is 25.0. The SMILES string of the molecule is CC(=O)C[C@@H](C=O)NC(=O)[C@@H]1CCCN2C(=O)CCN(NC(=O)c3ccc(N)c(Cl)c3)C(=O)N12. The topological polar surface area (TPSA) is 162 Å². The van der Waals surface area contributed by atoms with Crippen LogP contribution in [0.25, 0.3) is 0 Å². The van der Waals surface area contributed by atoms with Gasteiger partial charge in [-0.1, -0.05) is 11.6 Å². The van der Waals surface area contributed by atoms with Crippen LogP contribution in [-0.2, 0) is 19.2 Å². The van der Waals surface area contributed by atoms with E-state index in [9.17, 15) is 28.8 Å². The maximum Gasteiger partial charge on any atom is 0.358 e. The van der Waals surface area contributed by atoms with E-state index in [2.05, 4.69) is 10.7 Å². The van der Waals surface area contributed by atoms with Crippen LogP contribution in [0.2, 0.25) is 5.02 Å². The van der Waals surface area contributed by atoms with Crippen molar-refractivity contribution in [2.45, 2.75) is 44.7 Å². The number of nitrogen functional groups attached to an aromatic ring is 1. The molecular formula is C21H25ClN6O6. The Morgan fingerprint density at radius 1 is 1.26 bits per heavy atom. The van der Waals surface area contributed by atoms with E-state index in [4.69, 9.17) is 17.3 Å². The zero-order valence-corrected chi connectivity index (χ0v) is 19.2. The molecule has 1 aromatic rings. The van der Waals surface area contributed by atoms with Crippen molar-refractivity contribution in [2.24, 2.45) is 0 Å². The predicted octanol–water partition coefficient (Wildman–Crippen LogP) is 0.264. The monoisotopic (exact) mass is 492 g/mol. The van der Waals surface area contributed by atoms with E-state index in [-0.39, 0.29) is 54.4 Å². The number of carbonyl (C=O) groups is 6. The van der Waals surface area contributed by atoms with Gasteiger partial charge in [-0.25, -0.2) is 19.8 Å². The minimum atomic E-state index is -1.11. The number of nitrogens with one attached hydrogen (secondary N) is 2. The van der Waals surface area contributed by atoms with Gasteiger partial charge in [-0.3, -0.25) is 24.6 Å². The van der Waals surface area contributed by atoms with Crippen LogP contribution in [0.1, 0.15) is 43.0 Å². The zero-order chi connectivity index (χ0) is 25.0. The summed E-state index contributed by atoms with van der Waals surface area (Å²) in [6, 6.07) is 1.28. The Labute approximate surface area is 200 Å². The molecule has 13 heteroatoms. The van der Waals surface area contributed by atoms with Crippen LogP contribution in [0.4, 0.5) is 10.5 Å². The number of amides is 5. The van der Waals surface area contributed by atoms with Crippen LogP contribution in [0.15, 0.2) is 18.2 Å². The number of rotatable bonds is 7. The summed E-state index contributed by atoms with van der Waals surface area (Å²) in [6.07, 6.45) is 0.843. The normalized spacial score (nSPS) is 19.1. The third-order valence-corrected chi connectivity index (χ3v) is 5.80. The number of Topliss-reactive ketones (excluding diaryl/α,β-unsaturated/α-hetero) is 1. The standard InChI is InChI=1S/C21H25ClN6O6/c1-12(30)9-14(11-29)24-20(33)17-3-2-7-27-18(31)6-8-26(21(34)28(17)27)25-19(32)13-4-5-16(23)15(22)10-13/h4-5,10-11,14,17H,2-3,6-9,23H2,1H3,(H,24,33)(H,25,32)/t14-,17-/m0/s1. The van der Waals surface area contributed by atoms with Crippen LogP contribution >= 0.6 is 11.6 Å². The lowest BCUT2D eigenvalue weighted by atomic mass is 10.1. The molecule has 0 aromatic heterocycles. The average molecular weight is 493 g/mol. The van der Waals surface area contributed by atoms with E-state index >= 15 is 0 Å². The third kappa shape index (κ3) is 5.45. The lowest BCUT2D eigenvalue weighted by Gasteiger charge is -2.43. The summed E-state index contributed by atoms with van der Waals surface area (Å²) < 4.78 is 0. The van der Waals surface area contributed by atoms with Crippen LogP contribution in [0.5, 0.6) is 0 Å². The van der Waals surface area contributed by atoms with Crippen molar-refractivity contribution in [1.82, 2.24) is 25.8 Å². The van der Waals surface area contributed by atoms with Gasteiger partial charge in [0, 0.05) is 24.9 Å². The average Bonchev–Trinajstić information content (AvgIpc) is 2.92. The highest BCUT2D eigenvalue weighted by molar-refractivity contribution is 6.33. The Morgan fingerprint density at radius 3 is 2.65 bits per heavy atom. The maximum atomic E-state index is 13.4. The summed E-state index contributed by atoms with van der Waals surface area (Å²) >= 11 is 5.97. The van der Waals surface area contributed by atoms with E-state index in [1.54, 1.807) is 0 Å². The number of fused-ring (bicyclic) bond motifs is 1. The number of benzene rings is 1. The molecule has 0 bridgehead atoms. The molecule has 3 rings (SSSR count). The van der Waals surface area contributed by atoms with E-state index in [0.29, 0.717) is 12.7 Å². The summed E-state index contributed by atoms with van der Waals surface area (Å²) in [5.74, 6) is -2.02. The molecule has 0 aliphatic carbocycles. The van der Waals surface area contributed by atoms with Gasteiger partial charge in [-0.05, 0) is 38.0 Å². The largest absolute Gasteiger partial charge is 0.398 e.